The Morgan fingerprint density at radius 3 is 2.45 bits per heavy atom. The fourth-order valence-corrected chi connectivity index (χ4v) is 3.36. The molecule has 33 heavy (non-hydrogen) atoms. The third-order valence-corrected chi connectivity index (χ3v) is 5.23. The van der Waals surface area contributed by atoms with Gasteiger partial charge in [0, 0.05) is 23.7 Å². The zero-order chi connectivity index (χ0) is 23.2. The Hall–Kier alpha value is -4.26. The fourth-order valence-electron chi connectivity index (χ4n) is 3.36. The van der Waals surface area contributed by atoms with E-state index in [0.29, 0.717) is 29.0 Å². The van der Waals surface area contributed by atoms with Crippen LogP contribution in [0.3, 0.4) is 0 Å². The van der Waals surface area contributed by atoms with Crippen LogP contribution in [0.5, 0.6) is 11.5 Å². The summed E-state index contributed by atoms with van der Waals surface area (Å²) in [6.07, 6.45) is 2.78. The van der Waals surface area contributed by atoms with E-state index in [0.717, 1.165) is 28.9 Å². The normalized spacial score (nSPS) is 10.6. The summed E-state index contributed by atoms with van der Waals surface area (Å²) >= 11 is 0. The molecule has 0 amide bonds. The first-order valence-electron chi connectivity index (χ1n) is 10.6. The molecule has 0 aliphatic heterocycles. The van der Waals surface area contributed by atoms with Crippen LogP contribution in [0.15, 0.2) is 77.7 Å². The molecular formula is C26H23N3O4. The van der Waals surface area contributed by atoms with Gasteiger partial charge >= 0.3 is 5.97 Å². The quantitative estimate of drug-likeness (QED) is 0.423. The SMILES string of the molecule is CCc1ccc(-c2ccc(Oc3cc(C(=O)OC)ccc3Cc3ccc[nH]c3=O)cc2)nn1. The molecule has 0 aliphatic rings. The van der Waals surface area contributed by atoms with Crippen LogP contribution < -0.4 is 10.3 Å². The number of aryl methyl sites for hydroxylation is 1. The number of carbonyl (C=O) groups is 1. The van der Waals surface area contributed by atoms with E-state index < -0.39 is 5.97 Å². The summed E-state index contributed by atoms with van der Waals surface area (Å²) < 4.78 is 11.0. The van der Waals surface area contributed by atoms with Crippen LogP contribution in [-0.4, -0.2) is 28.3 Å². The number of nitrogens with zero attached hydrogens (tertiary/aromatic N) is 2. The smallest absolute Gasteiger partial charge is 0.337 e. The van der Waals surface area contributed by atoms with E-state index in [1.54, 1.807) is 36.5 Å². The summed E-state index contributed by atoms with van der Waals surface area (Å²) in [6.45, 7) is 2.03. The van der Waals surface area contributed by atoms with Crippen molar-refractivity contribution in [2.75, 3.05) is 7.11 Å². The van der Waals surface area contributed by atoms with Gasteiger partial charge in [-0.25, -0.2) is 4.79 Å². The van der Waals surface area contributed by atoms with Crippen LogP contribution in [-0.2, 0) is 17.6 Å². The van der Waals surface area contributed by atoms with Gasteiger partial charge in [-0.3, -0.25) is 4.79 Å². The lowest BCUT2D eigenvalue weighted by Crippen LogP contribution is -2.12. The number of aromatic nitrogens is 3. The minimum atomic E-state index is -0.464. The summed E-state index contributed by atoms with van der Waals surface area (Å²) in [6, 6.07) is 19.9. The predicted octanol–water partition coefficient (Wildman–Crippen LogP) is 4.56. The Morgan fingerprint density at radius 2 is 1.79 bits per heavy atom. The maximum absolute atomic E-state index is 12.1. The molecule has 0 fully saturated rings. The molecule has 0 radical (unpaired) electrons. The van der Waals surface area contributed by atoms with Gasteiger partial charge in [-0.2, -0.15) is 10.2 Å². The van der Waals surface area contributed by atoms with Crippen molar-refractivity contribution in [2.45, 2.75) is 19.8 Å². The highest BCUT2D eigenvalue weighted by molar-refractivity contribution is 5.90. The second-order valence-electron chi connectivity index (χ2n) is 7.41. The monoisotopic (exact) mass is 441 g/mol. The van der Waals surface area contributed by atoms with Gasteiger partial charge in [-0.05, 0) is 66.6 Å². The number of ether oxygens (including phenoxy) is 2. The van der Waals surface area contributed by atoms with Crippen molar-refractivity contribution in [3.05, 3.63) is 106 Å². The zero-order valence-electron chi connectivity index (χ0n) is 18.4. The van der Waals surface area contributed by atoms with Crippen molar-refractivity contribution in [1.82, 2.24) is 15.2 Å². The summed E-state index contributed by atoms with van der Waals surface area (Å²) in [4.78, 5) is 26.9. The number of pyridine rings is 1. The molecule has 4 rings (SSSR count). The highest BCUT2D eigenvalue weighted by Crippen LogP contribution is 2.30. The van der Waals surface area contributed by atoms with Gasteiger partial charge in [0.05, 0.1) is 24.1 Å². The van der Waals surface area contributed by atoms with Crippen LogP contribution in [0.2, 0.25) is 0 Å². The van der Waals surface area contributed by atoms with Crippen molar-refractivity contribution >= 4 is 5.97 Å². The lowest BCUT2D eigenvalue weighted by atomic mass is 10.0. The number of rotatable bonds is 7. The third-order valence-electron chi connectivity index (χ3n) is 5.23. The van der Waals surface area contributed by atoms with Gasteiger partial charge in [0.2, 0.25) is 0 Å². The zero-order valence-corrected chi connectivity index (χ0v) is 18.4. The molecular weight excluding hydrogens is 418 g/mol. The third kappa shape index (κ3) is 5.15. The van der Waals surface area contributed by atoms with E-state index in [4.69, 9.17) is 9.47 Å². The van der Waals surface area contributed by atoms with E-state index >= 15 is 0 Å². The minimum absolute atomic E-state index is 0.167. The van der Waals surface area contributed by atoms with Crippen molar-refractivity contribution in [1.29, 1.82) is 0 Å². The number of nitrogens with one attached hydrogen (secondary N) is 1. The second kappa shape index (κ2) is 9.91. The van der Waals surface area contributed by atoms with Crippen molar-refractivity contribution in [2.24, 2.45) is 0 Å². The number of hydrogen-bond donors (Lipinski definition) is 1. The fraction of sp³-hybridized carbons (Fsp3) is 0.154. The highest BCUT2D eigenvalue weighted by atomic mass is 16.5. The molecule has 0 atom stereocenters. The highest BCUT2D eigenvalue weighted by Gasteiger charge is 2.14. The molecule has 2 aromatic heterocycles. The summed E-state index contributed by atoms with van der Waals surface area (Å²) in [5.74, 6) is 0.594. The number of benzene rings is 2. The Morgan fingerprint density at radius 1 is 0.970 bits per heavy atom. The van der Waals surface area contributed by atoms with E-state index in [2.05, 4.69) is 15.2 Å². The first-order valence-corrected chi connectivity index (χ1v) is 10.6. The molecule has 0 aliphatic carbocycles. The van der Waals surface area contributed by atoms with Crippen molar-refractivity contribution in [3.8, 4) is 22.8 Å². The molecule has 7 nitrogen and oxygen atoms in total. The van der Waals surface area contributed by atoms with Crippen LogP contribution in [0, 0.1) is 0 Å². The topological polar surface area (TPSA) is 94.2 Å². The average Bonchev–Trinajstić information content (AvgIpc) is 2.86. The van der Waals surface area contributed by atoms with Crippen LogP contribution in [0.1, 0.15) is 34.1 Å². The minimum Gasteiger partial charge on any atom is -0.465 e. The molecule has 0 saturated carbocycles. The first-order chi connectivity index (χ1) is 16.1. The maximum Gasteiger partial charge on any atom is 0.337 e. The molecule has 2 heterocycles. The van der Waals surface area contributed by atoms with Gasteiger partial charge in [0.1, 0.15) is 11.5 Å². The maximum atomic E-state index is 12.1. The van der Waals surface area contributed by atoms with E-state index in [-0.39, 0.29) is 5.56 Å². The summed E-state index contributed by atoms with van der Waals surface area (Å²) in [7, 11) is 1.33. The predicted molar refractivity (Wildman–Crippen MR) is 125 cm³/mol. The lowest BCUT2D eigenvalue weighted by molar-refractivity contribution is 0.0600. The van der Waals surface area contributed by atoms with Crippen molar-refractivity contribution < 1.29 is 14.3 Å². The van der Waals surface area contributed by atoms with Gasteiger partial charge in [0.25, 0.3) is 5.56 Å². The lowest BCUT2D eigenvalue weighted by Gasteiger charge is -2.13. The second-order valence-corrected chi connectivity index (χ2v) is 7.41. The number of methoxy groups -OCH3 is 1. The van der Waals surface area contributed by atoms with Crippen LogP contribution in [0.4, 0.5) is 0 Å². The molecule has 0 bridgehead atoms. The van der Waals surface area contributed by atoms with Gasteiger partial charge in [-0.1, -0.05) is 19.1 Å². The van der Waals surface area contributed by atoms with Crippen LogP contribution >= 0.6 is 0 Å². The Labute approximate surface area is 191 Å². The van der Waals surface area contributed by atoms with Gasteiger partial charge < -0.3 is 14.5 Å². The van der Waals surface area contributed by atoms with E-state index in [9.17, 15) is 9.59 Å². The standard InChI is InChI=1S/C26H23N3O4/c1-3-21-10-13-23(29-28-21)17-8-11-22(12-9-17)33-24-16-20(26(31)32-2)7-6-18(24)15-19-5-4-14-27-25(19)30/h4-14,16H,3,15H2,1-2H3,(H,27,30). The summed E-state index contributed by atoms with van der Waals surface area (Å²) in [5.41, 5.74) is 4.18. The molecule has 2 aromatic carbocycles. The Kier molecular flexibility index (Phi) is 6.59. The number of carbonyl (C=O) groups excluding carboxylic acids is 1. The van der Waals surface area contributed by atoms with Crippen molar-refractivity contribution in [3.63, 3.8) is 0 Å². The average molecular weight is 441 g/mol. The number of hydrogen-bond acceptors (Lipinski definition) is 6. The summed E-state index contributed by atoms with van der Waals surface area (Å²) in [5, 5.41) is 8.47. The first kappa shape index (κ1) is 22.0. The molecule has 0 unspecified atom stereocenters. The number of aromatic amines is 1. The number of esters is 1. The van der Waals surface area contributed by atoms with E-state index in [1.807, 2.05) is 43.3 Å². The van der Waals surface area contributed by atoms with Crippen LogP contribution in [0.25, 0.3) is 11.3 Å². The Balaban J connectivity index is 1.62. The van der Waals surface area contributed by atoms with E-state index in [1.165, 1.54) is 7.11 Å². The molecule has 166 valence electrons. The molecule has 7 heteroatoms. The molecule has 0 spiro atoms. The largest absolute Gasteiger partial charge is 0.465 e. The molecule has 1 N–H and O–H groups in total. The molecule has 0 saturated heterocycles. The number of H-pyrrole nitrogens is 1. The molecule has 4 aromatic rings. The Bertz CT molecular complexity index is 1310. The van der Waals surface area contributed by atoms with Gasteiger partial charge in [-0.15, -0.1) is 0 Å². The van der Waals surface area contributed by atoms with Gasteiger partial charge in [0.15, 0.2) is 0 Å².